The molecule has 0 spiro atoms. The van der Waals surface area contributed by atoms with Crippen LogP contribution >= 0.6 is 0 Å². The molecule has 1 aromatic heterocycles. The predicted octanol–water partition coefficient (Wildman–Crippen LogP) is 3.42. The molecular formula is C23H27F3N4O3S. The minimum atomic E-state index is -4.52. The van der Waals surface area contributed by atoms with Gasteiger partial charge in [-0.3, -0.25) is 4.79 Å². The molecule has 0 saturated carbocycles. The molecule has 2 aliphatic rings. The van der Waals surface area contributed by atoms with E-state index in [4.69, 9.17) is 0 Å². The summed E-state index contributed by atoms with van der Waals surface area (Å²) in [6.07, 6.45) is -0.326. The molecule has 7 nitrogen and oxygen atoms in total. The number of piperidine rings is 1. The van der Waals surface area contributed by atoms with E-state index in [1.165, 1.54) is 33.6 Å². The molecular weight excluding hydrogens is 469 g/mol. The van der Waals surface area contributed by atoms with E-state index in [0.717, 1.165) is 24.5 Å². The normalized spacial score (nSPS) is 19.9. The molecule has 34 heavy (non-hydrogen) atoms. The van der Waals surface area contributed by atoms with Crippen molar-refractivity contribution in [2.24, 2.45) is 5.92 Å². The number of hydrogen-bond acceptors (Lipinski definition) is 5. The molecule has 4 rings (SSSR count). The Labute approximate surface area is 197 Å². The fourth-order valence-corrected chi connectivity index (χ4v) is 5.96. The van der Waals surface area contributed by atoms with E-state index in [0.29, 0.717) is 32.5 Å². The van der Waals surface area contributed by atoms with Crippen LogP contribution in [0.25, 0.3) is 0 Å². The molecule has 2 aromatic rings. The molecule has 1 N–H and O–H groups in total. The molecule has 0 radical (unpaired) electrons. The number of carbonyl (C=O) groups excluding carboxylic acids is 1. The zero-order valence-corrected chi connectivity index (χ0v) is 19.4. The van der Waals surface area contributed by atoms with Crippen molar-refractivity contribution in [2.75, 3.05) is 31.1 Å². The van der Waals surface area contributed by atoms with Crippen molar-refractivity contribution in [3.63, 3.8) is 0 Å². The third-order valence-electron chi connectivity index (χ3n) is 6.28. The number of rotatable bonds is 6. The second kappa shape index (κ2) is 9.91. The van der Waals surface area contributed by atoms with Crippen molar-refractivity contribution in [3.8, 4) is 0 Å². The maximum atomic E-state index is 13.4. The Morgan fingerprint density at radius 2 is 1.76 bits per heavy atom. The molecule has 2 aliphatic heterocycles. The van der Waals surface area contributed by atoms with Crippen LogP contribution in [0.2, 0.25) is 0 Å². The topological polar surface area (TPSA) is 82.6 Å². The van der Waals surface area contributed by atoms with Crippen LogP contribution in [0.4, 0.5) is 19.0 Å². The van der Waals surface area contributed by atoms with Crippen LogP contribution in [0.5, 0.6) is 0 Å². The fourth-order valence-electron chi connectivity index (χ4n) is 4.44. The molecule has 3 heterocycles. The third kappa shape index (κ3) is 5.35. The molecule has 2 fully saturated rings. The van der Waals surface area contributed by atoms with Gasteiger partial charge < -0.3 is 10.2 Å². The van der Waals surface area contributed by atoms with E-state index in [-0.39, 0.29) is 29.7 Å². The summed E-state index contributed by atoms with van der Waals surface area (Å²) >= 11 is 0. The first kappa shape index (κ1) is 24.5. The largest absolute Gasteiger partial charge is 0.419 e. The lowest BCUT2D eigenvalue weighted by molar-refractivity contribution is -0.137. The smallest absolute Gasteiger partial charge is 0.355 e. The van der Waals surface area contributed by atoms with Crippen molar-refractivity contribution in [3.05, 3.63) is 53.7 Å². The SMILES string of the molecule is O=C(NCc1ccc(S(=O)(=O)N2CCCC2)cc1)C1CCCN(c2ncccc2C(F)(F)F)C1. The number of aromatic nitrogens is 1. The van der Waals surface area contributed by atoms with Crippen molar-refractivity contribution >= 4 is 21.7 Å². The third-order valence-corrected chi connectivity index (χ3v) is 8.19. The summed E-state index contributed by atoms with van der Waals surface area (Å²) in [6.45, 7) is 1.82. The quantitative estimate of drug-likeness (QED) is 0.663. The zero-order chi connectivity index (χ0) is 24.3. The number of benzene rings is 1. The fraction of sp³-hybridized carbons (Fsp3) is 0.478. The van der Waals surface area contributed by atoms with E-state index >= 15 is 0 Å². The standard InChI is InChI=1S/C23H27F3N4O3S/c24-23(25,26)20-6-3-11-27-21(20)29-12-4-5-18(16-29)22(31)28-15-17-7-9-19(10-8-17)34(32,33)30-13-1-2-14-30/h3,6-11,18H,1-2,4-5,12-16H2,(H,28,31). The second-order valence-electron chi connectivity index (χ2n) is 8.63. The number of amides is 1. The van der Waals surface area contributed by atoms with Gasteiger partial charge in [0.05, 0.1) is 16.4 Å². The average Bonchev–Trinajstić information content (AvgIpc) is 3.38. The first-order valence-electron chi connectivity index (χ1n) is 11.3. The Morgan fingerprint density at radius 3 is 2.44 bits per heavy atom. The maximum Gasteiger partial charge on any atom is 0.419 e. The summed E-state index contributed by atoms with van der Waals surface area (Å²) < 4.78 is 66.8. The molecule has 1 atom stereocenters. The number of anilines is 1. The lowest BCUT2D eigenvalue weighted by Crippen LogP contribution is -2.43. The van der Waals surface area contributed by atoms with E-state index in [1.807, 2.05) is 0 Å². The number of halogens is 3. The van der Waals surface area contributed by atoms with E-state index in [9.17, 15) is 26.4 Å². The Balaban J connectivity index is 1.36. The van der Waals surface area contributed by atoms with Crippen LogP contribution in [0.3, 0.4) is 0 Å². The van der Waals surface area contributed by atoms with E-state index in [1.54, 1.807) is 12.1 Å². The minimum Gasteiger partial charge on any atom is -0.355 e. The predicted molar refractivity (Wildman–Crippen MR) is 120 cm³/mol. The van der Waals surface area contributed by atoms with Gasteiger partial charge in [-0.2, -0.15) is 17.5 Å². The van der Waals surface area contributed by atoms with Crippen LogP contribution in [0.15, 0.2) is 47.5 Å². The highest BCUT2D eigenvalue weighted by Crippen LogP contribution is 2.36. The summed E-state index contributed by atoms with van der Waals surface area (Å²) in [5.41, 5.74) is -0.0644. The number of carbonyl (C=O) groups is 1. The Morgan fingerprint density at radius 1 is 1.06 bits per heavy atom. The number of sulfonamides is 1. The highest BCUT2D eigenvalue weighted by molar-refractivity contribution is 7.89. The Hall–Kier alpha value is -2.66. The van der Waals surface area contributed by atoms with Gasteiger partial charge in [0.1, 0.15) is 5.82 Å². The number of nitrogens with one attached hydrogen (secondary N) is 1. The number of alkyl halides is 3. The molecule has 1 amide bonds. The highest BCUT2D eigenvalue weighted by atomic mass is 32.2. The Bertz CT molecular complexity index is 1120. The summed E-state index contributed by atoms with van der Waals surface area (Å²) in [5, 5.41) is 2.83. The first-order valence-corrected chi connectivity index (χ1v) is 12.7. The van der Waals surface area contributed by atoms with Crippen molar-refractivity contribution < 1.29 is 26.4 Å². The minimum absolute atomic E-state index is 0.151. The van der Waals surface area contributed by atoms with E-state index < -0.39 is 27.7 Å². The molecule has 1 unspecified atom stereocenters. The lowest BCUT2D eigenvalue weighted by atomic mass is 9.96. The van der Waals surface area contributed by atoms with Gasteiger partial charge in [-0.15, -0.1) is 0 Å². The molecule has 0 bridgehead atoms. The summed E-state index contributed by atoms with van der Waals surface area (Å²) in [4.78, 5) is 18.4. The van der Waals surface area contributed by atoms with Crippen molar-refractivity contribution in [2.45, 2.75) is 43.3 Å². The van der Waals surface area contributed by atoms with Crippen LogP contribution in [-0.2, 0) is 27.5 Å². The van der Waals surface area contributed by atoms with Gasteiger partial charge in [-0.25, -0.2) is 13.4 Å². The van der Waals surface area contributed by atoms with Gasteiger partial charge in [0, 0.05) is 38.9 Å². The molecule has 184 valence electrons. The number of pyridine rings is 1. The van der Waals surface area contributed by atoms with Crippen LogP contribution < -0.4 is 10.2 Å². The average molecular weight is 497 g/mol. The number of nitrogens with zero attached hydrogens (tertiary/aromatic N) is 3. The van der Waals surface area contributed by atoms with Gasteiger partial charge in [-0.1, -0.05) is 12.1 Å². The monoisotopic (exact) mass is 496 g/mol. The van der Waals surface area contributed by atoms with Crippen molar-refractivity contribution in [1.82, 2.24) is 14.6 Å². The molecule has 2 saturated heterocycles. The summed E-state index contributed by atoms with van der Waals surface area (Å²) in [5.74, 6) is -0.864. The molecule has 1 aromatic carbocycles. The van der Waals surface area contributed by atoms with E-state index in [2.05, 4.69) is 10.3 Å². The first-order chi connectivity index (χ1) is 16.2. The second-order valence-corrected chi connectivity index (χ2v) is 10.6. The van der Waals surface area contributed by atoms with Gasteiger partial charge in [0.25, 0.3) is 0 Å². The van der Waals surface area contributed by atoms with Gasteiger partial charge in [-0.05, 0) is 55.5 Å². The maximum absolute atomic E-state index is 13.4. The van der Waals surface area contributed by atoms with Gasteiger partial charge in [0.15, 0.2) is 0 Å². The van der Waals surface area contributed by atoms with Crippen LogP contribution in [0, 0.1) is 5.92 Å². The van der Waals surface area contributed by atoms with Crippen LogP contribution in [-0.4, -0.2) is 49.8 Å². The lowest BCUT2D eigenvalue weighted by Gasteiger charge is -2.34. The van der Waals surface area contributed by atoms with Gasteiger partial charge in [0.2, 0.25) is 15.9 Å². The van der Waals surface area contributed by atoms with Gasteiger partial charge >= 0.3 is 6.18 Å². The van der Waals surface area contributed by atoms with Crippen LogP contribution in [0.1, 0.15) is 36.8 Å². The highest BCUT2D eigenvalue weighted by Gasteiger charge is 2.37. The summed E-state index contributed by atoms with van der Waals surface area (Å²) in [7, 11) is -3.50. The zero-order valence-electron chi connectivity index (χ0n) is 18.6. The number of hydrogen-bond donors (Lipinski definition) is 1. The molecule has 0 aliphatic carbocycles. The van der Waals surface area contributed by atoms with Crippen molar-refractivity contribution in [1.29, 1.82) is 0 Å². The Kier molecular flexibility index (Phi) is 7.13. The summed E-state index contributed by atoms with van der Waals surface area (Å²) in [6, 6.07) is 8.66. The molecule has 11 heteroatoms.